The molecule has 0 aromatic carbocycles. The molecule has 0 saturated heterocycles. The topological polar surface area (TPSA) is 95.1 Å². The monoisotopic (exact) mass is 237 g/mol. The number of rotatable bonds is 3. The summed E-state index contributed by atoms with van der Waals surface area (Å²) in [5.74, 6) is -1.33. The highest BCUT2D eigenvalue weighted by Crippen LogP contribution is 2.24. The van der Waals surface area contributed by atoms with E-state index in [9.17, 15) is 9.59 Å². The summed E-state index contributed by atoms with van der Waals surface area (Å²) in [7, 11) is 0. The fraction of sp³-hybridized carbons (Fsp3) is 0.545. The van der Waals surface area contributed by atoms with Gasteiger partial charge in [-0.15, -0.1) is 0 Å². The van der Waals surface area contributed by atoms with Crippen molar-refractivity contribution in [1.82, 2.24) is 15.5 Å². The van der Waals surface area contributed by atoms with Crippen molar-refractivity contribution >= 4 is 11.9 Å². The zero-order valence-corrected chi connectivity index (χ0v) is 9.35. The number of aromatic amines is 1. The lowest BCUT2D eigenvalue weighted by Gasteiger charge is -2.27. The first kappa shape index (κ1) is 11.6. The fourth-order valence-electron chi connectivity index (χ4n) is 2.19. The molecule has 3 N–H and O–H groups in total. The van der Waals surface area contributed by atoms with Crippen LogP contribution in [0, 0.1) is 5.92 Å². The van der Waals surface area contributed by atoms with Gasteiger partial charge in [-0.1, -0.05) is 6.42 Å². The smallest absolute Gasteiger partial charge is 0.306 e. The van der Waals surface area contributed by atoms with Crippen LogP contribution in [-0.2, 0) is 4.79 Å². The van der Waals surface area contributed by atoms with Gasteiger partial charge in [-0.25, -0.2) is 0 Å². The molecule has 6 nitrogen and oxygen atoms in total. The molecule has 1 aliphatic rings. The van der Waals surface area contributed by atoms with E-state index in [-0.39, 0.29) is 17.9 Å². The third kappa shape index (κ3) is 2.83. The second-order valence-corrected chi connectivity index (χ2v) is 4.34. The Morgan fingerprint density at radius 2 is 2.29 bits per heavy atom. The van der Waals surface area contributed by atoms with Crippen molar-refractivity contribution in [2.75, 3.05) is 0 Å². The number of carboxylic acid groups (broad SMARTS) is 1. The van der Waals surface area contributed by atoms with Crippen LogP contribution in [0.1, 0.15) is 36.2 Å². The van der Waals surface area contributed by atoms with Crippen molar-refractivity contribution in [1.29, 1.82) is 0 Å². The number of nitrogens with one attached hydrogen (secondary N) is 2. The minimum Gasteiger partial charge on any atom is -0.481 e. The molecule has 1 fully saturated rings. The standard InChI is InChI=1S/C11H15N3O3/c15-10(9-4-5-12-14-9)13-8-3-1-2-7(6-8)11(16)17/h4-5,7-8H,1-3,6H2,(H,12,14)(H,13,15)(H,16,17). The number of nitrogens with zero attached hydrogens (tertiary/aromatic N) is 1. The van der Waals surface area contributed by atoms with Crippen molar-refractivity contribution in [2.45, 2.75) is 31.7 Å². The van der Waals surface area contributed by atoms with Gasteiger partial charge in [0.05, 0.1) is 5.92 Å². The summed E-state index contributed by atoms with van der Waals surface area (Å²) in [5, 5.41) is 18.1. The number of amides is 1. The Morgan fingerprint density at radius 3 is 2.94 bits per heavy atom. The molecule has 0 spiro atoms. The van der Waals surface area contributed by atoms with Crippen LogP contribution in [0.5, 0.6) is 0 Å². The van der Waals surface area contributed by atoms with Crippen LogP contribution in [0.15, 0.2) is 12.3 Å². The molecular weight excluding hydrogens is 222 g/mol. The highest BCUT2D eigenvalue weighted by atomic mass is 16.4. The summed E-state index contributed by atoms with van der Waals surface area (Å²) in [6.07, 6.45) is 4.39. The predicted octanol–water partition coefficient (Wildman–Crippen LogP) is 0.783. The summed E-state index contributed by atoms with van der Waals surface area (Å²) in [6, 6.07) is 1.54. The van der Waals surface area contributed by atoms with Crippen molar-refractivity contribution in [3.05, 3.63) is 18.0 Å². The Morgan fingerprint density at radius 1 is 1.47 bits per heavy atom. The van der Waals surface area contributed by atoms with Crippen LogP contribution in [-0.4, -0.2) is 33.2 Å². The van der Waals surface area contributed by atoms with E-state index < -0.39 is 5.97 Å². The molecule has 6 heteroatoms. The Labute approximate surface area is 98.4 Å². The van der Waals surface area contributed by atoms with E-state index in [2.05, 4.69) is 15.5 Å². The van der Waals surface area contributed by atoms with Gasteiger partial charge < -0.3 is 10.4 Å². The quantitative estimate of drug-likeness (QED) is 0.724. The first-order valence-electron chi connectivity index (χ1n) is 5.70. The minimum absolute atomic E-state index is 0.0550. The number of hydrogen-bond donors (Lipinski definition) is 3. The number of aliphatic carboxylic acids is 1. The fourth-order valence-corrected chi connectivity index (χ4v) is 2.19. The number of carbonyl (C=O) groups excluding carboxylic acids is 1. The van der Waals surface area contributed by atoms with E-state index >= 15 is 0 Å². The van der Waals surface area contributed by atoms with Gasteiger partial charge in [0.2, 0.25) is 0 Å². The van der Waals surface area contributed by atoms with Crippen molar-refractivity contribution in [2.24, 2.45) is 5.92 Å². The molecule has 0 aliphatic heterocycles. The molecule has 17 heavy (non-hydrogen) atoms. The largest absolute Gasteiger partial charge is 0.481 e. The lowest BCUT2D eigenvalue weighted by Crippen LogP contribution is -2.40. The normalized spacial score (nSPS) is 24.2. The van der Waals surface area contributed by atoms with Crippen molar-refractivity contribution in [3.63, 3.8) is 0 Å². The van der Waals surface area contributed by atoms with Gasteiger partial charge in [-0.05, 0) is 25.3 Å². The van der Waals surface area contributed by atoms with Gasteiger partial charge in [-0.3, -0.25) is 14.7 Å². The van der Waals surface area contributed by atoms with Crippen LogP contribution in [0.25, 0.3) is 0 Å². The molecule has 2 atom stereocenters. The van der Waals surface area contributed by atoms with E-state index in [1.54, 1.807) is 6.07 Å². The zero-order valence-electron chi connectivity index (χ0n) is 9.35. The summed E-state index contributed by atoms with van der Waals surface area (Å²) in [5.41, 5.74) is 0.405. The maximum atomic E-state index is 11.7. The van der Waals surface area contributed by atoms with Gasteiger partial charge in [0.1, 0.15) is 5.69 Å². The lowest BCUT2D eigenvalue weighted by molar-refractivity contribution is -0.143. The maximum Gasteiger partial charge on any atom is 0.306 e. The van der Waals surface area contributed by atoms with E-state index in [4.69, 9.17) is 5.11 Å². The van der Waals surface area contributed by atoms with E-state index in [0.717, 1.165) is 12.8 Å². The van der Waals surface area contributed by atoms with Crippen molar-refractivity contribution in [3.8, 4) is 0 Å². The maximum absolute atomic E-state index is 11.7. The summed E-state index contributed by atoms with van der Waals surface area (Å²) in [4.78, 5) is 22.6. The molecule has 2 unspecified atom stereocenters. The van der Waals surface area contributed by atoms with Gasteiger partial charge >= 0.3 is 5.97 Å². The molecule has 1 aromatic heterocycles. The van der Waals surface area contributed by atoms with E-state index in [1.807, 2.05) is 0 Å². The summed E-state index contributed by atoms with van der Waals surface area (Å²) in [6.45, 7) is 0. The molecule has 1 saturated carbocycles. The predicted molar refractivity (Wildman–Crippen MR) is 59.4 cm³/mol. The van der Waals surface area contributed by atoms with Crippen molar-refractivity contribution < 1.29 is 14.7 Å². The highest BCUT2D eigenvalue weighted by Gasteiger charge is 2.28. The molecule has 1 amide bonds. The summed E-state index contributed by atoms with van der Waals surface area (Å²) < 4.78 is 0. The minimum atomic E-state index is -0.773. The number of aromatic nitrogens is 2. The van der Waals surface area contributed by atoms with E-state index in [1.165, 1.54) is 6.20 Å². The number of H-pyrrole nitrogens is 1. The average Bonchev–Trinajstić information content (AvgIpc) is 2.82. The lowest BCUT2D eigenvalue weighted by atomic mass is 9.86. The van der Waals surface area contributed by atoms with Crippen LogP contribution >= 0.6 is 0 Å². The van der Waals surface area contributed by atoms with E-state index in [0.29, 0.717) is 18.5 Å². The molecule has 92 valence electrons. The second-order valence-electron chi connectivity index (χ2n) is 4.34. The Hall–Kier alpha value is -1.85. The Bertz CT molecular complexity index is 402. The zero-order chi connectivity index (χ0) is 12.3. The first-order chi connectivity index (χ1) is 8.16. The number of carbonyl (C=O) groups is 2. The third-order valence-corrected chi connectivity index (χ3v) is 3.10. The van der Waals surface area contributed by atoms with Crippen LogP contribution < -0.4 is 5.32 Å². The SMILES string of the molecule is O=C(NC1CCCC(C(=O)O)C1)c1ccn[nH]1. The molecule has 2 rings (SSSR count). The molecule has 1 aliphatic carbocycles. The summed E-state index contributed by atoms with van der Waals surface area (Å²) >= 11 is 0. The third-order valence-electron chi connectivity index (χ3n) is 3.10. The van der Waals surface area contributed by atoms with Gasteiger partial charge in [0, 0.05) is 12.2 Å². The van der Waals surface area contributed by atoms with Gasteiger partial charge in [0.25, 0.3) is 5.91 Å². The molecule has 1 aromatic rings. The van der Waals surface area contributed by atoms with Crippen LogP contribution in [0.3, 0.4) is 0 Å². The van der Waals surface area contributed by atoms with Gasteiger partial charge in [0.15, 0.2) is 0 Å². The second kappa shape index (κ2) is 4.99. The Balaban J connectivity index is 1.91. The molecular formula is C11H15N3O3. The number of carboxylic acids is 1. The highest BCUT2D eigenvalue weighted by molar-refractivity contribution is 5.92. The average molecular weight is 237 g/mol. The molecule has 1 heterocycles. The molecule has 0 radical (unpaired) electrons. The first-order valence-corrected chi connectivity index (χ1v) is 5.70. The van der Waals surface area contributed by atoms with Crippen LogP contribution in [0.2, 0.25) is 0 Å². The van der Waals surface area contributed by atoms with Crippen LogP contribution in [0.4, 0.5) is 0 Å². The molecule has 0 bridgehead atoms. The number of hydrogen-bond acceptors (Lipinski definition) is 3. The van der Waals surface area contributed by atoms with Gasteiger partial charge in [-0.2, -0.15) is 5.10 Å². The Kier molecular flexibility index (Phi) is 3.41.